The van der Waals surface area contributed by atoms with Gasteiger partial charge in [0, 0.05) is 13.7 Å². The fraction of sp³-hybridized carbons (Fsp3) is 1.00. The molecule has 0 aliphatic carbocycles. The molecule has 1 heterocycles. The van der Waals surface area contributed by atoms with Crippen LogP contribution in [0.3, 0.4) is 0 Å². The summed E-state index contributed by atoms with van der Waals surface area (Å²) in [6.07, 6.45) is 1.35. The summed E-state index contributed by atoms with van der Waals surface area (Å²) in [6.45, 7) is 0.257. The predicted molar refractivity (Wildman–Crippen MR) is 40.3 cm³/mol. The summed E-state index contributed by atoms with van der Waals surface area (Å²) >= 11 is 0. The molecule has 1 atom stereocenters. The number of hydrogen-bond acceptors (Lipinski definition) is 5. The number of nitrogens with zero attached hydrogens (tertiary/aromatic N) is 1. The van der Waals surface area contributed by atoms with Gasteiger partial charge in [0.1, 0.15) is 6.10 Å². The summed E-state index contributed by atoms with van der Waals surface area (Å²) in [6, 6.07) is 0. The van der Waals surface area contributed by atoms with Gasteiger partial charge in [-0.05, 0) is 19.3 Å². The average Bonchev–Trinajstić information content (AvgIpc) is 2.13. The van der Waals surface area contributed by atoms with Gasteiger partial charge in [-0.1, -0.05) is 0 Å². The van der Waals surface area contributed by atoms with Crippen molar-refractivity contribution in [3.63, 3.8) is 0 Å². The van der Waals surface area contributed by atoms with Gasteiger partial charge in [-0.3, -0.25) is 0 Å². The SMILES string of the molecule is COC1CCCCN(O)C1(O)O. The minimum Gasteiger partial charge on any atom is -0.374 e. The van der Waals surface area contributed by atoms with Crippen LogP contribution in [0, 0.1) is 0 Å². The molecule has 0 saturated carbocycles. The number of rotatable bonds is 1. The second-order valence-electron chi connectivity index (χ2n) is 3.03. The Kier molecular flexibility index (Phi) is 3.03. The quantitative estimate of drug-likeness (QED) is 0.471. The van der Waals surface area contributed by atoms with Crippen molar-refractivity contribution in [1.82, 2.24) is 5.06 Å². The average molecular weight is 177 g/mol. The van der Waals surface area contributed by atoms with E-state index in [1.165, 1.54) is 7.11 Å². The van der Waals surface area contributed by atoms with Gasteiger partial charge >= 0.3 is 0 Å². The Morgan fingerprint density at radius 2 is 2.08 bits per heavy atom. The Morgan fingerprint density at radius 3 is 2.67 bits per heavy atom. The predicted octanol–water partition coefficient (Wildman–Crippen LogP) is -0.485. The molecule has 5 nitrogen and oxygen atoms in total. The van der Waals surface area contributed by atoms with Crippen LogP contribution in [-0.2, 0) is 4.74 Å². The van der Waals surface area contributed by atoms with Gasteiger partial charge in [0.25, 0.3) is 5.91 Å². The van der Waals surface area contributed by atoms with E-state index in [0.29, 0.717) is 11.5 Å². The fourth-order valence-electron chi connectivity index (χ4n) is 1.39. The molecule has 0 spiro atoms. The van der Waals surface area contributed by atoms with Gasteiger partial charge in [0.15, 0.2) is 0 Å². The van der Waals surface area contributed by atoms with Crippen molar-refractivity contribution in [3.05, 3.63) is 0 Å². The molecule has 72 valence electrons. The summed E-state index contributed by atoms with van der Waals surface area (Å²) in [5, 5.41) is 28.5. The van der Waals surface area contributed by atoms with Crippen molar-refractivity contribution in [1.29, 1.82) is 0 Å². The summed E-state index contributed by atoms with van der Waals surface area (Å²) in [7, 11) is 1.39. The van der Waals surface area contributed by atoms with Gasteiger partial charge in [0.05, 0.1) is 0 Å². The van der Waals surface area contributed by atoms with Crippen molar-refractivity contribution in [2.24, 2.45) is 0 Å². The summed E-state index contributed by atoms with van der Waals surface area (Å²) in [5.74, 6) is -2.24. The Hall–Kier alpha value is -0.200. The largest absolute Gasteiger partial charge is 0.374 e. The van der Waals surface area contributed by atoms with E-state index in [-0.39, 0.29) is 6.54 Å². The highest BCUT2D eigenvalue weighted by molar-refractivity contribution is 4.76. The summed E-state index contributed by atoms with van der Waals surface area (Å²) in [4.78, 5) is 0. The third-order valence-electron chi connectivity index (χ3n) is 2.18. The lowest BCUT2D eigenvalue weighted by atomic mass is 10.1. The lowest BCUT2D eigenvalue weighted by Gasteiger charge is -2.33. The molecule has 0 aromatic carbocycles. The van der Waals surface area contributed by atoms with Gasteiger partial charge in [-0.15, -0.1) is 5.06 Å². The van der Waals surface area contributed by atoms with Crippen LogP contribution in [0.1, 0.15) is 19.3 Å². The summed E-state index contributed by atoms with van der Waals surface area (Å²) in [5.41, 5.74) is 0. The zero-order valence-electron chi connectivity index (χ0n) is 7.10. The Morgan fingerprint density at radius 1 is 1.42 bits per heavy atom. The van der Waals surface area contributed by atoms with Gasteiger partial charge in [-0.25, -0.2) is 0 Å². The third-order valence-corrected chi connectivity index (χ3v) is 2.18. The Balaban J connectivity index is 2.70. The molecule has 0 radical (unpaired) electrons. The highest BCUT2D eigenvalue weighted by Crippen LogP contribution is 2.23. The number of ether oxygens (including phenoxy) is 1. The van der Waals surface area contributed by atoms with Crippen molar-refractivity contribution < 1.29 is 20.2 Å². The molecule has 1 aliphatic rings. The Bertz CT molecular complexity index is 150. The number of methoxy groups -OCH3 is 1. The molecule has 5 heteroatoms. The third kappa shape index (κ3) is 1.75. The van der Waals surface area contributed by atoms with Crippen LogP contribution in [-0.4, -0.2) is 46.2 Å². The van der Waals surface area contributed by atoms with Gasteiger partial charge in [0.2, 0.25) is 0 Å². The first kappa shape index (κ1) is 9.88. The van der Waals surface area contributed by atoms with Crippen LogP contribution in [0.5, 0.6) is 0 Å². The van der Waals surface area contributed by atoms with E-state index >= 15 is 0 Å². The maximum atomic E-state index is 9.39. The zero-order chi connectivity index (χ0) is 9.19. The molecule has 1 fully saturated rings. The zero-order valence-corrected chi connectivity index (χ0v) is 7.10. The monoisotopic (exact) mass is 177 g/mol. The van der Waals surface area contributed by atoms with Crippen molar-refractivity contribution in [3.8, 4) is 0 Å². The van der Waals surface area contributed by atoms with E-state index in [2.05, 4.69) is 0 Å². The van der Waals surface area contributed by atoms with E-state index in [0.717, 1.165) is 12.8 Å². The molecule has 1 unspecified atom stereocenters. The van der Waals surface area contributed by atoms with E-state index in [9.17, 15) is 15.4 Å². The van der Waals surface area contributed by atoms with E-state index in [1.54, 1.807) is 0 Å². The molecule has 12 heavy (non-hydrogen) atoms. The highest BCUT2D eigenvalue weighted by Gasteiger charge is 2.41. The van der Waals surface area contributed by atoms with Crippen molar-refractivity contribution >= 4 is 0 Å². The molecule has 3 N–H and O–H groups in total. The standard InChI is InChI=1S/C7H15NO4/c1-12-6-4-2-3-5-8(11)7(6,9)10/h6,9-11H,2-5H2,1H3. The van der Waals surface area contributed by atoms with Crippen LogP contribution in [0.2, 0.25) is 0 Å². The lowest BCUT2D eigenvalue weighted by molar-refractivity contribution is -0.390. The molecule has 0 aromatic rings. The van der Waals surface area contributed by atoms with Crippen molar-refractivity contribution in [2.45, 2.75) is 31.3 Å². The van der Waals surface area contributed by atoms with Crippen LogP contribution in [0.25, 0.3) is 0 Å². The first-order chi connectivity index (χ1) is 5.59. The first-order valence-corrected chi connectivity index (χ1v) is 4.03. The Labute approximate surface area is 71.1 Å². The molecular weight excluding hydrogens is 162 g/mol. The maximum absolute atomic E-state index is 9.39. The van der Waals surface area contributed by atoms with Gasteiger partial charge in [-0.2, -0.15) is 0 Å². The minimum atomic E-state index is -2.24. The van der Waals surface area contributed by atoms with E-state index in [4.69, 9.17) is 4.74 Å². The smallest absolute Gasteiger partial charge is 0.274 e. The molecule has 0 aromatic heterocycles. The van der Waals surface area contributed by atoms with Crippen LogP contribution in [0.4, 0.5) is 0 Å². The number of hydroxylamine groups is 2. The minimum absolute atomic E-state index is 0.257. The first-order valence-electron chi connectivity index (χ1n) is 4.03. The molecule has 1 aliphatic heterocycles. The van der Waals surface area contributed by atoms with Crippen LogP contribution >= 0.6 is 0 Å². The topological polar surface area (TPSA) is 73.2 Å². The molecule has 0 bridgehead atoms. The summed E-state index contributed by atoms with van der Waals surface area (Å²) < 4.78 is 4.86. The van der Waals surface area contributed by atoms with Crippen LogP contribution in [0.15, 0.2) is 0 Å². The molecule has 0 amide bonds. The van der Waals surface area contributed by atoms with Gasteiger partial charge < -0.3 is 20.2 Å². The van der Waals surface area contributed by atoms with E-state index in [1.807, 2.05) is 0 Å². The molecular formula is C7H15NO4. The highest BCUT2D eigenvalue weighted by atomic mass is 16.7. The van der Waals surface area contributed by atoms with Crippen molar-refractivity contribution in [2.75, 3.05) is 13.7 Å². The number of aliphatic hydroxyl groups is 2. The number of hydrogen-bond donors (Lipinski definition) is 3. The normalized spacial score (nSPS) is 31.5. The molecule has 1 saturated heterocycles. The maximum Gasteiger partial charge on any atom is 0.274 e. The van der Waals surface area contributed by atoms with E-state index < -0.39 is 12.0 Å². The second kappa shape index (κ2) is 3.68. The van der Waals surface area contributed by atoms with Crippen LogP contribution < -0.4 is 0 Å². The second-order valence-corrected chi connectivity index (χ2v) is 3.03. The molecule has 1 rings (SSSR count). The fourth-order valence-corrected chi connectivity index (χ4v) is 1.39. The lowest BCUT2D eigenvalue weighted by Crippen LogP contribution is -2.55.